The summed E-state index contributed by atoms with van der Waals surface area (Å²) < 4.78 is 24.5. The Labute approximate surface area is 219 Å². The number of halogens is 3. The van der Waals surface area contributed by atoms with Crippen LogP contribution in [-0.2, 0) is 9.59 Å². The predicted molar refractivity (Wildman–Crippen MR) is 134 cm³/mol. The predicted octanol–water partition coefficient (Wildman–Crippen LogP) is 2.95. The summed E-state index contributed by atoms with van der Waals surface area (Å²) in [5.41, 5.74) is 6.13. The van der Waals surface area contributed by atoms with E-state index in [2.05, 4.69) is 20.6 Å². The number of anilines is 1. The van der Waals surface area contributed by atoms with Crippen molar-refractivity contribution in [2.24, 2.45) is 10.7 Å². The number of nitrogens with one attached hydrogen (secondary N) is 2. The summed E-state index contributed by atoms with van der Waals surface area (Å²) in [6.07, 6.45) is -0.703. The molecule has 3 aromatic rings. The SMILES string of the molecule is COc1cc(Cl)cc(Cl)c1C1=NC(NC(=O)c2cc(F)cnc2OCC(N)=O)C(=O)Nc2ccccc21. The first-order valence-corrected chi connectivity index (χ1v) is 11.3. The number of carbonyl (C=O) groups is 3. The van der Waals surface area contributed by atoms with Crippen molar-refractivity contribution in [3.05, 3.63) is 81.2 Å². The van der Waals surface area contributed by atoms with Gasteiger partial charge in [-0.25, -0.2) is 14.4 Å². The van der Waals surface area contributed by atoms with Gasteiger partial charge in [0.15, 0.2) is 6.61 Å². The molecule has 0 saturated carbocycles. The Balaban J connectivity index is 1.79. The van der Waals surface area contributed by atoms with Crippen LogP contribution in [0, 0.1) is 5.82 Å². The van der Waals surface area contributed by atoms with Gasteiger partial charge in [0.25, 0.3) is 17.7 Å². The van der Waals surface area contributed by atoms with Crippen LogP contribution in [0.4, 0.5) is 10.1 Å². The van der Waals surface area contributed by atoms with Gasteiger partial charge < -0.3 is 25.8 Å². The number of rotatable bonds is 7. The maximum atomic E-state index is 13.9. The lowest BCUT2D eigenvalue weighted by atomic mass is 9.99. The van der Waals surface area contributed by atoms with Gasteiger partial charge in [0.05, 0.1) is 35.3 Å². The topological polar surface area (TPSA) is 145 Å². The molecule has 0 fully saturated rings. The number of hydrogen-bond acceptors (Lipinski definition) is 7. The molecule has 1 aromatic heterocycles. The standard InChI is InChI=1S/C24H18Cl2FN5O5/c1-36-17-7-11(25)6-15(26)19(17)20-13-4-2-3-5-16(13)30-23(35)21(31-20)32-22(34)14-8-12(27)9-29-24(14)37-10-18(28)33/h2-9,21H,10H2,1H3,(H2,28,33)(H,30,35)(H,32,34). The largest absolute Gasteiger partial charge is 0.496 e. The van der Waals surface area contributed by atoms with Crippen molar-refractivity contribution in [2.75, 3.05) is 19.0 Å². The molecular formula is C24H18Cl2FN5O5. The highest BCUT2D eigenvalue weighted by Gasteiger charge is 2.30. The molecule has 0 saturated heterocycles. The zero-order chi connectivity index (χ0) is 26.7. The van der Waals surface area contributed by atoms with Crippen LogP contribution in [0.1, 0.15) is 21.5 Å². The Morgan fingerprint density at radius 3 is 2.70 bits per heavy atom. The Kier molecular flexibility index (Phi) is 7.55. The minimum atomic E-state index is -1.50. The van der Waals surface area contributed by atoms with Crippen molar-refractivity contribution in [1.29, 1.82) is 0 Å². The number of methoxy groups -OCH3 is 1. The molecular weight excluding hydrogens is 528 g/mol. The number of amides is 3. The van der Waals surface area contributed by atoms with Crippen molar-refractivity contribution in [3.63, 3.8) is 0 Å². The molecule has 1 aliphatic rings. The number of ether oxygens (including phenoxy) is 2. The van der Waals surface area contributed by atoms with Crippen LogP contribution in [0.5, 0.6) is 11.6 Å². The summed E-state index contributed by atoms with van der Waals surface area (Å²) >= 11 is 12.6. The average molecular weight is 546 g/mol. The minimum Gasteiger partial charge on any atom is -0.496 e. The second-order valence-electron chi connectivity index (χ2n) is 7.61. The van der Waals surface area contributed by atoms with E-state index in [1.807, 2.05) is 0 Å². The molecule has 0 radical (unpaired) electrons. The van der Waals surface area contributed by atoms with E-state index < -0.39 is 36.3 Å². The van der Waals surface area contributed by atoms with Crippen molar-refractivity contribution in [3.8, 4) is 11.6 Å². The summed E-state index contributed by atoms with van der Waals surface area (Å²) in [5, 5.41) is 5.64. The number of primary amides is 1. The smallest absolute Gasteiger partial charge is 0.269 e. The molecule has 2 heterocycles. The van der Waals surface area contributed by atoms with Crippen molar-refractivity contribution >= 4 is 52.3 Å². The van der Waals surface area contributed by atoms with Crippen LogP contribution >= 0.6 is 23.2 Å². The van der Waals surface area contributed by atoms with Gasteiger partial charge in [-0.3, -0.25) is 14.4 Å². The lowest BCUT2D eigenvalue weighted by molar-refractivity contribution is -0.120. The van der Waals surface area contributed by atoms with Gasteiger partial charge in [0, 0.05) is 10.6 Å². The van der Waals surface area contributed by atoms with Gasteiger partial charge in [-0.15, -0.1) is 0 Å². The van der Waals surface area contributed by atoms with Crippen LogP contribution in [-0.4, -0.2) is 48.3 Å². The van der Waals surface area contributed by atoms with Gasteiger partial charge in [-0.2, -0.15) is 0 Å². The first kappa shape index (κ1) is 25.9. The van der Waals surface area contributed by atoms with E-state index in [1.165, 1.54) is 19.2 Å². The number of nitrogens with zero attached hydrogens (tertiary/aromatic N) is 2. The first-order chi connectivity index (χ1) is 17.7. The first-order valence-electron chi connectivity index (χ1n) is 10.6. The summed E-state index contributed by atoms with van der Waals surface area (Å²) in [6.45, 7) is -0.602. The second kappa shape index (κ2) is 10.8. The van der Waals surface area contributed by atoms with Crippen LogP contribution in [0.3, 0.4) is 0 Å². The van der Waals surface area contributed by atoms with Crippen molar-refractivity contribution in [2.45, 2.75) is 6.17 Å². The molecule has 3 amide bonds. The number of fused-ring (bicyclic) bond motifs is 1. The third-order valence-corrected chi connectivity index (χ3v) is 5.62. The minimum absolute atomic E-state index is 0.189. The Morgan fingerprint density at radius 1 is 1.22 bits per heavy atom. The molecule has 0 spiro atoms. The number of hydrogen-bond donors (Lipinski definition) is 3. The Morgan fingerprint density at radius 2 is 1.97 bits per heavy atom. The monoisotopic (exact) mass is 545 g/mol. The molecule has 1 atom stereocenters. The maximum absolute atomic E-state index is 13.9. The van der Waals surface area contributed by atoms with Crippen LogP contribution in [0.2, 0.25) is 10.0 Å². The molecule has 0 bridgehead atoms. The Hall–Kier alpha value is -4.22. The normalized spacial score (nSPS) is 14.5. The maximum Gasteiger partial charge on any atom is 0.269 e. The number of carbonyl (C=O) groups excluding carboxylic acids is 3. The highest BCUT2D eigenvalue weighted by Crippen LogP contribution is 2.35. The molecule has 1 aliphatic heterocycles. The van der Waals surface area contributed by atoms with E-state index in [9.17, 15) is 18.8 Å². The third-order valence-electron chi connectivity index (χ3n) is 5.10. The summed E-state index contributed by atoms with van der Waals surface area (Å²) in [7, 11) is 1.42. The summed E-state index contributed by atoms with van der Waals surface area (Å²) in [5.74, 6) is -3.40. The molecule has 10 nitrogen and oxygen atoms in total. The lowest BCUT2D eigenvalue weighted by Gasteiger charge is -2.16. The molecule has 4 rings (SSSR count). The van der Waals surface area contributed by atoms with E-state index in [1.54, 1.807) is 24.3 Å². The van der Waals surface area contributed by atoms with E-state index >= 15 is 0 Å². The fraction of sp³-hybridized carbons (Fsp3) is 0.125. The number of benzene rings is 2. The molecule has 37 heavy (non-hydrogen) atoms. The second-order valence-corrected chi connectivity index (χ2v) is 8.46. The number of nitrogens with two attached hydrogens (primary N) is 1. The quantitative estimate of drug-likeness (QED) is 0.416. The fourth-order valence-corrected chi connectivity index (χ4v) is 4.10. The lowest BCUT2D eigenvalue weighted by Crippen LogP contribution is -2.42. The average Bonchev–Trinajstić information content (AvgIpc) is 2.98. The molecule has 1 unspecified atom stereocenters. The van der Waals surface area contributed by atoms with Gasteiger partial charge in [0.1, 0.15) is 17.1 Å². The third kappa shape index (κ3) is 5.63. The van der Waals surface area contributed by atoms with Crippen LogP contribution in [0.15, 0.2) is 53.7 Å². The molecule has 4 N–H and O–H groups in total. The number of aromatic nitrogens is 1. The zero-order valence-electron chi connectivity index (χ0n) is 19.1. The van der Waals surface area contributed by atoms with E-state index in [-0.39, 0.29) is 27.9 Å². The van der Waals surface area contributed by atoms with E-state index in [0.717, 1.165) is 12.3 Å². The number of aliphatic imine (C=N–C) groups is 1. The summed E-state index contributed by atoms with van der Waals surface area (Å²) in [4.78, 5) is 45.5. The van der Waals surface area contributed by atoms with Crippen LogP contribution in [0.25, 0.3) is 0 Å². The van der Waals surface area contributed by atoms with Gasteiger partial charge in [-0.05, 0) is 24.3 Å². The van der Waals surface area contributed by atoms with Gasteiger partial charge >= 0.3 is 0 Å². The van der Waals surface area contributed by atoms with Gasteiger partial charge in [0.2, 0.25) is 12.0 Å². The Bertz CT molecular complexity index is 1450. The fourth-order valence-electron chi connectivity index (χ4n) is 3.54. The number of benzodiazepines with no additional fused rings is 1. The highest BCUT2D eigenvalue weighted by molar-refractivity contribution is 6.39. The zero-order valence-corrected chi connectivity index (χ0v) is 20.6. The molecule has 190 valence electrons. The molecule has 13 heteroatoms. The van der Waals surface area contributed by atoms with Crippen LogP contribution < -0.4 is 25.8 Å². The van der Waals surface area contributed by atoms with E-state index in [4.69, 9.17) is 38.4 Å². The summed E-state index contributed by atoms with van der Waals surface area (Å²) in [6, 6.07) is 10.6. The number of para-hydroxylation sites is 1. The molecule has 2 aromatic carbocycles. The van der Waals surface area contributed by atoms with Crippen molar-refractivity contribution < 1.29 is 28.2 Å². The van der Waals surface area contributed by atoms with Gasteiger partial charge in [-0.1, -0.05) is 41.4 Å². The number of pyridine rings is 1. The van der Waals surface area contributed by atoms with E-state index in [0.29, 0.717) is 21.8 Å². The highest BCUT2D eigenvalue weighted by atomic mass is 35.5. The van der Waals surface area contributed by atoms with Crippen molar-refractivity contribution in [1.82, 2.24) is 10.3 Å². The molecule has 0 aliphatic carbocycles.